The summed E-state index contributed by atoms with van der Waals surface area (Å²) in [7, 11) is 0. The molecule has 0 bridgehead atoms. The van der Waals surface area contributed by atoms with Gasteiger partial charge in [-0.15, -0.1) is 11.3 Å². The fourth-order valence-corrected chi connectivity index (χ4v) is 3.97. The van der Waals surface area contributed by atoms with Crippen LogP contribution in [0.15, 0.2) is 29.8 Å². The second-order valence-electron chi connectivity index (χ2n) is 8.79. The van der Waals surface area contributed by atoms with E-state index in [0.717, 1.165) is 9.78 Å². The Balaban J connectivity index is 2.17. The van der Waals surface area contributed by atoms with Crippen molar-refractivity contribution in [2.75, 3.05) is 13.1 Å². The van der Waals surface area contributed by atoms with Crippen LogP contribution >= 0.6 is 11.3 Å². The van der Waals surface area contributed by atoms with Gasteiger partial charge in [0.05, 0.1) is 27.7 Å². The molecule has 0 unspecified atom stereocenters. The average molecular weight is 439 g/mol. The topological polar surface area (TPSA) is 51.0 Å². The van der Waals surface area contributed by atoms with E-state index in [1.54, 1.807) is 31.5 Å². The SMILES string of the molecule is CC(C)n1ncc2c(C(=O)N(CC(C)(C)C)CC(F)(F)F)cc(-c3cccs3)nc21. The lowest BCUT2D eigenvalue weighted by molar-refractivity contribution is -0.142. The van der Waals surface area contributed by atoms with E-state index >= 15 is 0 Å². The zero-order valence-electron chi connectivity index (χ0n) is 17.6. The zero-order chi connectivity index (χ0) is 22.3. The Labute approximate surface area is 177 Å². The summed E-state index contributed by atoms with van der Waals surface area (Å²) < 4.78 is 41.5. The lowest BCUT2D eigenvalue weighted by Crippen LogP contribution is -2.43. The molecule has 0 aliphatic heterocycles. The van der Waals surface area contributed by atoms with Crippen molar-refractivity contribution in [1.82, 2.24) is 19.7 Å². The molecule has 0 atom stereocenters. The van der Waals surface area contributed by atoms with Crippen LogP contribution in [0.25, 0.3) is 21.6 Å². The van der Waals surface area contributed by atoms with Crippen LogP contribution in [0, 0.1) is 5.41 Å². The van der Waals surface area contributed by atoms with Crippen LogP contribution in [0.3, 0.4) is 0 Å². The molecule has 30 heavy (non-hydrogen) atoms. The lowest BCUT2D eigenvalue weighted by Gasteiger charge is -2.31. The van der Waals surface area contributed by atoms with E-state index in [1.165, 1.54) is 17.5 Å². The first-order valence-corrected chi connectivity index (χ1v) is 10.5. The number of fused-ring (bicyclic) bond motifs is 1. The number of pyridine rings is 1. The van der Waals surface area contributed by atoms with Gasteiger partial charge in [0.1, 0.15) is 6.54 Å². The molecule has 0 saturated heterocycles. The van der Waals surface area contributed by atoms with Crippen LogP contribution < -0.4 is 0 Å². The number of carbonyl (C=O) groups excluding carboxylic acids is 1. The van der Waals surface area contributed by atoms with Crippen LogP contribution in [0.5, 0.6) is 0 Å². The Morgan fingerprint density at radius 1 is 1.23 bits per heavy atom. The maximum Gasteiger partial charge on any atom is 0.406 e. The second-order valence-corrected chi connectivity index (χ2v) is 9.74. The summed E-state index contributed by atoms with van der Waals surface area (Å²) in [6.07, 6.45) is -2.98. The molecule has 3 aromatic rings. The first-order valence-electron chi connectivity index (χ1n) is 9.64. The summed E-state index contributed by atoms with van der Waals surface area (Å²) in [4.78, 5) is 19.8. The van der Waals surface area contributed by atoms with Gasteiger partial charge in [0.15, 0.2) is 5.65 Å². The minimum Gasteiger partial charge on any atom is -0.329 e. The first-order chi connectivity index (χ1) is 13.9. The highest BCUT2D eigenvalue weighted by molar-refractivity contribution is 7.13. The van der Waals surface area contributed by atoms with E-state index < -0.39 is 24.0 Å². The zero-order valence-corrected chi connectivity index (χ0v) is 18.4. The van der Waals surface area contributed by atoms with Crippen LogP contribution in [0.4, 0.5) is 13.2 Å². The van der Waals surface area contributed by atoms with Crippen molar-refractivity contribution in [1.29, 1.82) is 0 Å². The number of hydrogen-bond acceptors (Lipinski definition) is 4. The standard InChI is InChI=1S/C21H25F3N4OS/c1-13(2)28-18-15(10-25-28)14(9-16(26-18)17-7-6-8-30-17)19(29)27(11-20(3,4)5)12-21(22,23)24/h6-10,13H,11-12H2,1-5H3. The van der Waals surface area contributed by atoms with Crippen molar-refractivity contribution >= 4 is 28.3 Å². The van der Waals surface area contributed by atoms with Gasteiger partial charge in [0, 0.05) is 12.6 Å². The van der Waals surface area contributed by atoms with Crippen molar-refractivity contribution < 1.29 is 18.0 Å². The third-order valence-corrected chi connectivity index (χ3v) is 5.27. The fraction of sp³-hybridized carbons (Fsp3) is 0.476. The molecule has 5 nitrogen and oxygen atoms in total. The van der Waals surface area contributed by atoms with Crippen LogP contribution in [0.2, 0.25) is 0 Å². The first kappa shape index (κ1) is 22.3. The number of thiophene rings is 1. The van der Waals surface area contributed by atoms with Crippen molar-refractivity contribution in [2.24, 2.45) is 5.41 Å². The minimum atomic E-state index is -4.49. The van der Waals surface area contributed by atoms with Crippen LogP contribution in [0.1, 0.15) is 51.0 Å². The predicted octanol–water partition coefficient (Wildman–Crippen LogP) is 5.79. The number of nitrogens with zero attached hydrogens (tertiary/aromatic N) is 4. The molecule has 0 aromatic carbocycles. The van der Waals surface area contributed by atoms with E-state index in [9.17, 15) is 18.0 Å². The molecular formula is C21H25F3N4OS. The number of halogens is 3. The Kier molecular flexibility index (Phi) is 5.95. The van der Waals surface area contributed by atoms with Crippen molar-refractivity contribution in [2.45, 2.75) is 46.8 Å². The molecule has 3 rings (SSSR count). The smallest absolute Gasteiger partial charge is 0.329 e. The Morgan fingerprint density at radius 3 is 2.47 bits per heavy atom. The molecule has 0 radical (unpaired) electrons. The maximum atomic E-state index is 13.4. The van der Waals surface area contributed by atoms with Gasteiger partial charge in [-0.25, -0.2) is 9.67 Å². The summed E-state index contributed by atoms with van der Waals surface area (Å²) in [5.74, 6) is -0.671. The molecule has 3 heterocycles. The average Bonchev–Trinajstić information content (AvgIpc) is 3.26. The summed E-state index contributed by atoms with van der Waals surface area (Å²) >= 11 is 1.45. The van der Waals surface area contributed by atoms with Crippen molar-refractivity contribution in [3.63, 3.8) is 0 Å². The lowest BCUT2D eigenvalue weighted by atomic mass is 9.95. The van der Waals surface area contributed by atoms with Crippen LogP contribution in [-0.2, 0) is 0 Å². The Morgan fingerprint density at radius 2 is 1.93 bits per heavy atom. The molecule has 1 amide bonds. The van der Waals surface area contributed by atoms with Gasteiger partial charge in [0.2, 0.25) is 0 Å². The number of hydrogen-bond donors (Lipinski definition) is 0. The van der Waals surface area contributed by atoms with E-state index in [0.29, 0.717) is 16.7 Å². The van der Waals surface area contributed by atoms with Crippen LogP contribution in [-0.4, -0.2) is 44.8 Å². The number of amides is 1. The Bertz CT molecular complexity index is 1020. The highest BCUT2D eigenvalue weighted by atomic mass is 32.1. The molecule has 0 fully saturated rings. The third-order valence-electron chi connectivity index (χ3n) is 4.38. The van der Waals surface area contributed by atoms with Crippen molar-refractivity contribution in [3.05, 3.63) is 35.3 Å². The molecule has 0 N–H and O–H groups in total. The third kappa shape index (κ3) is 5.00. The second kappa shape index (κ2) is 8.02. The fourth-order valence-electron chi connectivity index (χ4n) is 3.28. The largest absolute Gasteiger partial charge is 0.406 e. The number of carbonyl (C=O) groups is 1. The quantitative estimate of drug-likeness (QED) is 0.507. The number of rotatable bonds is 5. The number of aromatic nitrogens is 3. The van der Waals surface area contributed by atoms with Gasteiger partial charge in [-0.1, -0.05) is 26.8 Å². The normalized spacial score (nSPS) is 12.7. The van der Waals surface area contributed by atoms with E-state index in [4.69, 9.17) is 0 Å². The summed E-state index contributed by atoms with van der Waals surface area (Å²) in [6.45, 7) is 7.95. The van der Waals surface area contributed by atoms with E-state index in [-0.39, 0.29) is 18.2 Å². The highest BCUT2D eigenvalue weighted by Crippen LogP contribution is 2.31. The summed E-state index contributed by atoms with van der Waals surface area (Å²) in [5, 5.41) is 6.67. The van der Waals surface area contributed by atoms with E-state index in [1.807, 2.05) is 31.4 Å². The molecule has 162 valence electrons. The number of alkyl halides is 3. The molecule has 0 saturated carbocycles. The molecule has 9 heteroatoms. The molecule has 0 aliphatic carbocycles. The van der Waals surface area contributed by atoms with Gasteiger partial charge in [-0.2, -0.15) is 18.3 Å². The van der Waals surface area contributed by atoms with Gasteiger partial charge in [-0.3, -0.25) is 4.79 Å². The Hall–Kier alpha value is -2.42. The maximum absolute atomic E-state index is 13.4. The highest BCUT2D eigenvalue weighted by Gasteiger charge is 2.36. The van der Waals surface area contributed by atoms with Gasteiger partial charge in [-0.05, 0) is 36.8 Å². The molecule has 0 aliphatic rings. The minimum absolute atomic E-state index is 0.0163. The molecular weight excluding hydrogens is 413 g/mol. The molecule has 3 aromatic heterocycles. The summed E-state index contributed by atoms with van der Waals surface area (Å²) in [6, 6.07) is 5.29. The molecule has 0 spiro atoms. The monoisotopic (exact) mass is 438 g/mol. The van der Waals surface area contributed by atoms with Gasteiger partial charge >= 0.3 is 6.18 Å². The van der Waals surface area contributed by atoms with Gasteiger partial charge in [0.25, 0.3) is 5.91 Å². The summed E-state index contributed by atoms with van der Waals surface area (Å²) in [5.41, 5.74) is 0.725. The predicted molar refractivity (Wildman–Crippen MR) is 113 cm³/mol. The van der Waals surface area contributed by atoms with Gasteiger partial charge < -0.3 is 4.90 Å². The van der Waals surface area contributed by atoms with E-state index in [2.05, 4.69) is 10.1 Å². The van der Waals surface area contributed by atoms with Crippen molar-refractivity contribution in [3.8, 4) is 10.6 Å².